The number of carbonyl (C=O) groups excluding carboxylic acids is 3. The summed E-state index contributed by atoms with van der Waals surface area (Å²) < 4.78 is 1.61. The van der Waals surface area contributed by atoms with Crippen LogP contribution in [0.2, 0.25) is 0 Å². The number of thiazole rings is 1. The molecule has 0 atom stereocenters. The number of nitrogens with zero attached hydrogens (tertiary/aromatic N) is 2. The maximum absolute atomic E-state index is 12.7. The summed E-state index contributed by atoms with van der Waals surface area (Å²) in [6.07, 6.45) is 1.98. The number of hydrogen-bond acceptors (Lipinski definition) is 8. The van der Waals surface area contributed by atoms with Crippen LogP contribution in [-0.4, -0.2) is 47.2 Å². The van der Waals surface area contributed by atoms with Crippen molar-refractivity contribution >= 4 is 40.6 Å². The summed E-state index contributed by atoms with van der Waals surface area (Å²) in [5.74, 6) is -0.309. The van der Waals surface area contributed by atoms with Crippen LogP contribution in [0.1, 0.15) is 39.2 Å². The number of aliphatic hydroxyl groups is 1. The van der Waals surface area contributed by atoms with E-state index >= 15 is 0 Å². The number of carbonyl (C=O) groups is 3. The molecule has 3 aromatic rings. The molecule has 1 aromatic carbocycles. The molecule has 2 heterocycles. The third kappa shape index (κ3) is 8.43. The van der Waals surface area contributed by atoms with E-state index in [0.29, 0.717) is 17.7 Å². The van der Waals surface area contributed by atoms with E-state index in [1.54, 1.807) is 23.1 Å². The van der Waals surface area contributed by atoms with Gasteiger partial charge in [0.2, 0.25) is 5.78 Å². The van der Waals surface area contributed by atoms with Gasteiger partial charge in [0.05, 0.1) is 11.1 Å². The molecule has 30 heavy (non-hydrogen) atoms. The van der Waals surface area contributed by atoms with Crippen LogP contribution in [0.4, 0.5) is 0 Å². The number of aliphatic hydroxyl groups excluding tert-OH is 1. The molecule has 0 aliphatic rings. The van der Waals surface area contributed by atoms with Gasteiger partial charge in [-0.1, -0.05) is 25.1 Å². The van der Waals surface area contributed by atoms with Crippen LogP contribution in [0, 0.1) is 0 Å². The summed E-state index contributed by atoms with van der Waals surface area (Å²) in [6.45, 7) is 3.56. The van der Waals surface area contributed by atoms with Crippen molar-refractivity contribution in [2.24, 2.45) is 0 Å². The van der Waals surface area contributed by atoms with Gasteiger partial charge < -0.3 is 24.7 Å². The van der Waals surface area contributed by atoms with E-state index in [1.807, 2.05) is 31.1 Å². The maximum atomic E-state index is 12.7. The average molecular weight is 452 g/mol. The molecule has 0 spiro atoms. The molecule has 0 fully saturated rings. The molecule has 1 N–H and O–H groups in total. The minimum atomic E-state index is -0.233. The van der Waals surface area contributed by atoms with Gasteiger partial charge in [-0.25, -0.2) is 4.98 Å². The first-order valence-electron chi connectivity index (χ1n) is 7.98. The Labute approximate surface area is 223 Å². The smallest absolute Gasteiger partial charge is 0.857 e. The van der Waals surface area contributed by atoms with Crippen molar-refractivity contribution < 1.29 is 88.8 Å². The minimum absolute atomic E-state index is 0. The van der Waals surface area contributed by atoms with Crippen LogP contribution in [0.5, 0.6) is 0 Å². The molecule has 0 aliphatic heterocycles. The van der Waals surface area contributed by atoms with E-state index < -0.39 is 0 Å². The average Bonchev–Trinajstić information content (AvgIpc) is 3.42. The molecule has 152 valence electrons. The van der Waals surface area contributed by atoms with E-state index in [1.165, 1.54) is 11.3 Å². The number of ketones is 2. The molecule has 0 unspecified atom stereocenters. The Balaban J connectivity index is -0.000000839. The van der Waals surface area contributed by atoms with Gasteiger partial charge in [-0.3, -0.25) is 9.59 Å². The van der Waals surface area contributed by atoms with Gasteiger partial charge >= 0.3 is 59.1 Å². The van der Waals surface area contributed by atoms with Crippen LogP contribution in [0.25, 0.3) is 10.9 Å². The zero-order valence-electron chi connectivity index (χ0n) is 17.9. The number of benzene rings is 1. The Morgan fingerprint density at radius 3 is 2.23 bits per heavy atom. The van der Waals surface area contributed by atoms with Gasteiger partial charge in [-0.15, -0.1) is 11.3 Å². The van der Waals surface area contributed by atoms with Gasteiger partial charge in [-0.05, 0) is 6.07 Å². The second-order valence-electron chi connectivity index (χ2n) is 4.81. The fraction of sp³-hybridized carbons (Fsp3) is 0.263. The number of Topliss-reactive ketones (excluding diaryl/α,β-unsaturated/α-hetero) is 1. The number of fused-ring (bicyclic) bond motifs is 1. The Kier molecular flexibility index (Phi) is 21.5. The van der Waals surface area contributed by atoms with E-state index in [4.69, 9.17) is 15.0 Å². The molecule has 2 aromatic heterocycles. The van der Waals surface area contributed by atoms with Crippen LogP contribution in [0.15, 0.2) is 35.8 Å². The topological polar surface area (TPSA) is 135 Å². The molecule has 0 bridgehead atoms. The molecule has 11 heteroatoms. The van der Waals surface area contributed by atoms with Gasteiger partial charge in [-0.2, -0.15) is 14.2 Å². The quantitative estimate of drug-likeness (QED) is 0.302. The number of para-hydroxylation sites is 1. The SMILES string of the molecule is C=O.CCC(=O)c1csc(C(=O)c2cn(CO)c3ccccc23)n1.C[O-].C[O-].[Na+].[Na+]. The largest absolute Gasteiger partial charge is 1.00 e. The molecule has 0 saturated heterocycles. The van der Waals surface area contributed by atoms with Crippen molar-refractivity contribution in [2.75, 3.05) is 14.2 Å². The first-order valence-corrected chi connectivity index (χ1v) is 8.86. The van der Waals surface area contributed by atoms with Crippen LogP contribution < -0.4 is 69.3 Å². The van der Waals surface area contributed by atoms with E-state index in [2.05, 4.69) is 4.98 Å². The minimum Gasteiger partial charge on any atom is -0.857 e. The molecule has 0 aliphatic carbocycles. The first kappa shape index (κ1) is 33.9. The summed E-state index contributed by atoms with van der Waals surface area (Å²) in [7, 11) is 1.50. The zero-order chi connectivity index (χ0) is 21.7. The van der Waals surface area contributed by atoms with E-state index in [-0.39, 0.29) is 82.4 Å². The van der Waals surface area contributed by atoms with E-state index in [9.17, 15) is 14.7 Å². The standard InChI is InChI=1S/C16H14N2O3S.2CH3O.CH2O.2Na/c1-2-14(20)12-8-22-16(17-12)15(21)11-7-18(9-19)13-6-4-3-5-10(11)13;3*1-2;;/h3-8,19H,2,9H2,1H3;2*1H3;1H2;;/q;2*-1;;2*+1. The Morgan fingerprint density at radius 1 is 1.13 bits per heavy atom. The number of aromatic nitrogens is 2. The van der Waals surface area contributed by atoms with Gasteiger partial charge in [0.25, 0.3) is 0 Å². The van der Waals surface area contributed by atoms with Crippen LogP contribution in [-0.2, 0) is 11.5 Å². The number of rotatable bonds is 5. The first-order chi connectivity index (χ1) is 13.7. The van der Waals surface area contributed by atoms with Crippen molar-refractivity contribution in [1.29, 1.82) is 0 Å². The third-order valence-corrected chi connectivity index (χ3v) is 4.33. The predicted octanol–water partition coefficient (Wildman–Crippen LogP) is -5.35. The molecule has 0 radical (unpaired) electrons. The van der Waals surface area contributed by atoms with Gasteiger partial charge in [0.15, 0.2) is 10.8 Å². The normalized spacial score (nSPS) is 8.60. The second kappa shape index (κ2) is 19.0. The molecule has 3 rings (SSSR count). The Bertz CT molecular complexity index is 898. The summed E-state index contributed by atoms with van der Waals surface area (Å²) in [5.41, 5.74) is 1.60. The monoisotopic (exact) mass is 452 g/mol. The van der Waals surface area contributed by atoms with Crippen molar-refractivity contribution in [3.63, 3.8) is 0 Å². The third-order valence-electron chi connectivity index (χ3n) is 3.49. The van der Waals surface area contributed by atoms with Crippen molar-refractivity contribution in [1.82, 2.24) is 9.55 Å². The maximum Gasteiger partial charge on any atom is 1.00 e. The second-order valence-corrected chi connectivity index (χ2v) is 5.67. The predicted molar refractivity (Wildman–Crippen MR) is 103 cm³/mol. The fourth-order valence-corrected chi connectivity index (χ4v) is 3.12. The molecule has 8 nitrogen and oxygen atoms in total. The van der Waals surface area contributed by atoms with Crippen LogP contribution in [0.3, 0.4) is 0 Å². The van der Waals surface area contributed by atoms with Gasteiger partial charge in [0.1, 0.15) is 19.2 Å². The van der Waals surface area contributed by atoms with Crippen molar-refractivity contribution in [2.45, 2.75) is 20.1 Å². The number of hydrogen-bond donors (Lipinski definition) is 1. The molecular formula is C19H22N2Na2O6S. The zero-order valence-corrected chi connectivity index (χ0v) is 22.7. The fourth-order valence-electron chi connectivity index (χ4n) is 2.35. The summed E-state index contributed by atoms with van der Waals surface area (Å²) in [5, 5.41) is 28.6. The van der Waals surface area contributed by atoms with Gasteiger partial charge in [0, 0.05) is 23.4 Å². The molecule has 0 amide bonds. The summed E-state index contributed by atoms with van der Waals surface area (Å²) in [4.78, 5) is 36.4. The summed E-state index contributed by atoms with van der Waals surface area (Å²) in [6, 6.07) is 7.37. The summed E-state index contributed by atoms with van der Waals surface area (Å²) >= 11 is 1.17. The van der Waals surface area contributed by atoms with Crippen LogP contribution >= 0.6 is 11.3 Å². The Hall–Kier alpha value is -0.720. The Morgan fingerprint density at radius 2 is 1.70 bits per heavy atom. The van der Waals surface area contributed by atoms with E-state index in [0.717, 1.165) is 25.1 Å². The molecule has 0 saturated carbocycles. The van der Waals surface area contributed by atoms with Crippen molar-refractivity contribution in [3.8, 4) is 0 Å². The molecular weight excluding hydrogens is 430 g/mol. The van der Waals surface area contributed by atoms with Crippen molar-refractivity contribution in [3.05, 3.63) is 52.1 Å².